The summed E-state index contributed by atoms with van der Waals surface area (Å²) in [6, 6.07) is 8.13. The standard InChI is InChI=1S/C15H25N3O/c1-4-10-17-15(16-3)18-11-5-12-19-14-8-6-13(2)7-9-14/h6-9H,4-5,10-12H2,1-3H3,(H2,16,17,18). The number of benzene rings is 1. The summed E-state index contributed by atoms with van der Waals surface area (Å²) in [4.78, 5) is 4.14. The smallest absolute Gasteiger partial charge is 0.190 e. The molecule has 0 bridgehead atoms. The Morgan fingerprint density at radius 3 is 2.47 bits per heavy atom. The molecule has 106 valence electrons. The van der Waals surface area contributed by atoms with Crippen molar-refractivity contribution in [2.75, 3.05) is 26.7 Å². The number of aliphatic imine (C=N–C) groups is 1. The lowest BCUT2D eigenvalue weighted by atomic mass is 10.2. The summed E-state index contributed by atoms with van der Waals surface area (Å²) in [5, 5.41) is 6.49. The van der Waals surface area contributed by atoms with Crippen molar-refractivity contribution in [1.82, 2.24) is 10.6 Å². The SMILES string of the molecule is CCCNC(=NC)NCCCOc1ccc(C)cc1. The summed E-state index contributed by atoms with van der Waals surface area (Å²) in [5.74, 6) is 1.79. The molecule has 4 heteroatoms. The number of hydrogen-bond acceptors (Lipinski definition) is 2. The molecule has 0 radical (unpaired) electrons. The van der Waals surface area contributed by atoms with Gasteiger partial charge in [-0.3, -0.25) is 4.99 Å². The molecule has 0 aliphatic rings. The zero-order valence-corrected chi connectivity index (χ0v) is 12.2. The molecule has 0 amide bonds. The van der Waals surface area contributed by atoms with E-state index in [0.29, 0.717) is 6.61 Å². The molecule has 0 unspecified atom stereocenters. The van der Waals surface area contributed by atoms with E-state index >= 15 is 0 Å². The van der Waals surface area contributed by atoms with E-state index in [9.17, 15) is 0 Å². The van der Waals surface area contributed by atoms with Gasteiger partial charge in [0, 0.05) is 20.1 Å². The Kier molecular flexibility index (Phi) is 7.47. The third kappa shape index (κ3) is 6.70. The Balaban J connectivity index is 2.12. The Morgan fingerprint density at radius 1 is 1.16 bits per heavy atom. The van der Waals surface area contributed by atoms with Crippen LogP contribution in [0.15, 0.2) is 29.3 Å². The molecule has 0 aliphatic heterocycles. The van der Waals surface area contributed by atoms with E-state index in [0.717, 1.165) is 37.6 Å². The lowest BCUT2D eigenvalue weighted by Crippen LogP contribution is -2.38. The van der Waals surface area contributed by atoms with E-state index in [1.165, 1.54) is 5.56 Å². The van der Waals surface area contributed by atoms with Gasteiger partial charge in [-0.25, -0.2) is 0 Å². The number of rotatable bonds is 7. The van der Waals surface area contributed by atoms with Gasteiger partial charge in [0.15, 0.2) is 5.96 Å². The second-order valence-corrected chi connectivity index (χ2v) is 4.44. The molecule has 0 saturated heterocycles. The fourth-order valence-electron chi connectivity index (χ4n) is 1.57. The van der Waals surface area contributed by atoms with Gasteiger partial charge in [0.2, 0.25) is 0 Å². The monoisotopic (exact) mass is 263 g/mol. The first-order valence-corrected chi connectivity index (χ1v) is 6.90. The van der Waals surface area contributed by atoms with E-state index in [1.807, 2.05) is 12.1 Å². The summed E-state index contributed by atoms with van der Waals surface area (Å²) in [5.41, 5.74) is 1.25. The molecular formula is C15H25N3O. The van der Waals surface area contributed by atoms with E-state index in [2.05, 4.69) is 41.6 Å². The third-order valence-corrected chi connectivity index (χ3v) is 2.67. The van der Waals surface area contributed by atoms with Crippen molar-refractivity contribution < 1.29 is 4.74 Å². The predicted molar refractivity (Wildman–Crippen MR) is 80.9 cm³/mol. The van der Waals surface area contributed by atoms with Crippen molar-refractivity contribution >= 4 is 5.96 Å². The van der Waals surface area contributed by atoms with Crippen molar-refractivity contribution in [2.45, 2.75) is 26.7 Å². The van der Waals surface area contributed by atoms with E-state index in [4.69, 9.17) is 4.74 Å². The molecule has 0 spiro atoms. The first-order valence-electron chi connectivity index (χ1n) is 6.90. The molecule has 0 atom stereocenters. The quantitative estimate of drug-likeness (QED) is 0.451. The molecule has 19 heavy (non-hydrogen) atoms. The summed E-state index contributed by atoms with van der Waals surface area (Å²) >= 11 is 0. The number of aryl methyl sites for hydroxylation is 1. The number of nitrogens with one attached hydrogen (secondary N) is 2. The lowest BCUT2D eigenvalue weighted by molar-refractivity contribution is 0.311. The van der Waals surface area contributed by atoms with E-state index in [-0.39, 0.29) is 0 Å². The molecule has 1 aromatic carbocycles. The molecule has 1 aromatic rings. The van der Waals surface area contributed by atoms with Gasteiger partial charge in [-0.2, -0.15) is 0 Å². The first-order chi connectivity index (χ1) is 9.26. The normalized spacial score (nSPS) is 11.2. The maximum atomic E-state index is 5.66. The second-order valence-electron chi connectivity index (χ2n) is 4.44. The number of hydrogen-bond donors (Lipinski definition) is 2. The first kappa shape index (κ1) is 15.3. The van der Waals surface area contributed by atoms with Gasteiger partial charge in [-0.1, -0.05) is 24.6 Å². The van der Waals surface area contributed by atoms with Crippen LogP contribution in [0.2, 0.25) is 0 Å². The minimum atomic E-state index is 0.709. The van der Waals surface area contributed by atoms with Gasteiger partial charge < -0.3 is 15.4 Å². The number of nitrogens with zero attached hydrogens (tertiary/aromatic N) is 1. The zero-order valence-electron chi connectivity index (χ0n) is 12.2. The highest BCUT2D eigenvalue weighted by atomic mass is 16.5. The third-order valence-electron chi connectivity index (χ3n) is 2.67. The molecule has 1 rings (SSSR count). The molecule has 0 aromatic heterocycles. The van der Waals surface area contributed by atoms with E-state index < -0.39 is 0 Å². The minimum Gasteiger partial charge on any atom is -0.494 e. The fraction of sp³-hybridized carbons (Fsp3) is 0.533. The summed E-state index contributed by atoms with van der Waals surface area (Å²) in [6.45, 7) is 6.72. The van der Waals surface area contributed by atoms with Gasteiger partial charge in [0.1, 0.15) is 5.75 Å². The van der Waals surface area contributed by atoms with Crippen molar-refractivity contribution in [3.05, 3.63) is 29.8 Å². The molecule has 4 nitrogen and oxygen atoms in total. The Bertz CT molecular complexity index is 373. The van der Waals surface area contributed by atoms with Crippen molar-refractivity contribution in [3.63, 3.8) is 0 Å². The van der Waals surface area contributed by atoms with Crippen LogP contribution >= 0.6 is 0 Å². The summed E-state index contributed by atoms with van der Waals surface area (Å²) < 4.78 is 5.66. The minimum absolute atomic E-state index is 0.709. The second kappa shape index (κ2) is 9.25. The molecule has 0 heterocycles. The molecular weight excluding hydrogens is 238 g/mol. The van der Waals surface area contributed by atoms with Gasteiger partial charge in [0.25, 0.3) is 0 Å². The van der Waals surface area contributed by atoms with Gasteiger partial charge in [-0.15, -0.1) is 0 Å². The highest BCUT2D eigenvalue weighted by Crippen LogP contribution is 2.11. The van der Waals surface area contributed by atoms with Crippen LogP contribution in [0.4, 0.5) is 0 Å². The van der Waals surface area contributed by atoms with Crippen LogP contribution in [0.5, 0.6) is 5.75 Å². The average molecular weight is 263 g/mol. The average Bonchev–Trinajstić information content (AvgIpc) is 2.44. The Hall–Kier alpha value is -1.71. The van der Waals surface area contributed by atoms with Crippen LogP contribution in [-0.2, 0) is 0 Å². The summed E-state index contributed by atoms with van der Waals surface area (Å²) in [7, 11) is 1.79. The number of guanidine groups is 1. The van der Waals surface area contributed by atoms with E-state index in [1.54, 1.807) is 7.05 Å². The van der Waals surface area contributed by atoms with Crippen LogP contribution in [0.3, 0.4) is 0 Å². The Labute approximate surface area is 116 Å². The van der Waals surface area contributed by atoms with Crippen LogP contribution < -0.4 is 15.4 Å². The lowest BCUT2D eigenvalue weighted by Gasteiger charge is -2.11. The fourth-order valence-corrected chi connectivity index (χ4v) is 1.57. The van der Waals surface area contributed by atoms with Gasteiger partial charge in [-0.05, 0) is 31.9 Å². The maximum Gasteiger partial charge on any atom is 0.190 e. The van der Waals surface area contributed by atoms with Crippen LogP contribution in [-0.4, -0.2) is 32.7 Å². The molecule has 0 aliphatic carbocycles. The van der Waals surface area contributed by atoms with Crippen molar-refractivity contribution in [3.8, 4) is 5.75 Å². The molecule has 0 saturated carbocycles. The highest BCUT2D eigenvalue weighted by Gasteiger charge is 1.96. The topological polar surface area (TPSA) is 45.7 Å². The zero-order chi connectivity index (χ0) is 13.9. The largest absolute Gasteiger partial charge is 0.494 e. The Morgan fingerprint density at radius 2 is 1.84 bits per heavy atom. The van der Waals surface area contributed by atoms with Gasteiger partial charge >= 0.3 is 0 Å². The molecule has 0 fully saturated rings. The number of ether oxygens (including phenoxy) is 1. The van der Waals surface area contributed by atoms with Gasteiger partial charge in [0.05, 0.1) is 6.61 Å². The van der Waals surface area contributed by atoms with Crippen LogP contribution in [0.1, 0.15) is 25.3 Å². The highest BCUT2D eigenvalue weighted by molar-refractivity contribution is 5.79. The van der Waals surface area contributed by atoms with Crippen LogP contribution in [0, 0.1) is 6.92 Å². The maximum absolute atomic E-state index is 5.66. The molecule has 2 N–H and O–H groups in total. The van der Waals surface area contributed by atoms with Crippen molar-refractivity contribution in [1.29, 1.82) is 0 Å². The summed E-state index contributed by atoms with van der Waals surface area (Å²) in [6.07, 6.45) is 2.04. The predicted octanol–water partition coefficient (Wildman–Crippen LogP) is 2.34. The van der Waals surface area contributed by atoms with Crippen molar-refractivity contribution in [2.24, 2.45) is 4.99 Å². The van der Waals surface area contributed by atoms with Crippen LogP contribution in [0.25, 0.3) is 0 Å².